The van der Waals surface area contributed by atoms with Crippen molar-refractivity contribution in [3.8, 4) is 0 Å². The lowest BCUT2D eigenvalue weighted by atomic mass is 9.66. The number of aromatic nitrogens is 1. The molecule has 1 aromatic rings. The second-order valence-electron chi connectivity index (χ2n) is 11.7. The first-order chi connectivity index (χ1) is 15.7. The maximum absolute atomic E-state index is 13.3. The van der Waals surface area contributed by atoms with Crippen molar-refractivity contribution in [1.29, 1.82) is 0 Å². The predicted octanol–water partition coefficient (Wildman–Crippen LogP) is 3.20. The first-order valence-electron chi connectivity index (χ1n) is 11.7. The number of anilines is 2. The Kier molecular flexibility index (Phi) is 4.27. The van der Waals surface area contributed by atoms with Gasteiger partial charge in [0.05, 0.1) is 10.8 Å². The molecular weight excluding hydrogens is 438 g/mol. The Morgan fingerprint density at radius 3 is 1.41 bits per heavy atom. The van der Waals surface area contributed by atoms with Gasteiger partial charge in [-0.3, -0.25) is 19.2 Å². The second kappa shape index (κ2) is 6.37. The van der Waals surface area contributed by atoms with Gasteiger partial charge in [0.1, 0.15) is 11.6 Å². The van der Waals surface area contributed by atoms with Crippen LogP contribution in [0.2, 0.25) is 0 Å². The lowest BCUT2D eigenvalue weighted by molar-refractivity contribution is -0.166. The van der Waals surface area contributed by atoms with Crippen LogP contribution in [0.4, 0.5) is 11.6 Å². The van der Waals surface area contributed by atoms with Crippen LogP contribution in [-0.2, 0) is 28.7 Å². The van der Waals surface area contributed by atoms with E-state index in [2.05, 4.69) is 15.6 Å². The van der Waals surface area contributed by atoms with Crippen molar-refractivity contribution < 1.29 is 28.7 Å². The van der Waals surface area contributed by atoms with Gasteiger partial charge in [-0.1, -0.05) is 33.8 Å². The summed E-state index contributed by atoms with van der Waals surface area (Å²) in [6.07, 6.45) is 2.02. The van der Waals surface area contributed by atoms with Gasteiger partial charge in [-0.15, -0.1) is 0 Å². The molecule has 4 atom stereocenters. The van der Waals surface area contributed by atoms with E-state index in [9.17, 15) is 19.2 Å². The molecule has 4 aliphatic rings. The largest absolute Gasteiger partial charge is 0.448 e. The minimum atomic E-state index is -1.27. The van der Waals surface area contributed by atoms with Gasteiger partial charge in [0.15, 0.2) is 11.2 Å². The number of carbonyl (C=O) groups is 4. The zero-order valence-corrected chi connectivity index (χ0v) is 20.5. The average Bonchev–Trinajstić information content (AvgIpc) is 3.22. The first-order valence-corrected chi connectivity index (χ1v) is 11.7. The van der Waals surface area contributed by atoms with Crippen LogP contribution >= 0.6 is 0 Å². The van der Waals surface area contributed by atoms with Crippen LogP contribution in [0.5, 0.6) is 0 Å². The van der Waals surface area contributed by atoms with Crippen molar-refractivity contribution >= 4 is 35.4 Å². The molecule has 9 heteroatoms. The summed E-state index contributed by atoms with van der Waals surface area (Å²) in [6.45, 7) is 11.2. The van der Waals surface area contributed by atoms with Crippen LogP contribution in [0.1, 0.15) is 67.2 Å². The highest BCUT2D eigenvalue weighted by atomic mass is 16.6. The maximum Gasteiger partial charge on any atom is 0.313 e. The van der Waals surface area contributed by atoms with E-state index in [0.29, 0.717) is 25.7 Å². The number of rotatable bonds is 4. The SMILES string of the molecule is CC1(C)[C@@]2(C(=O)Nc3cccc(NC(=O)[C@@]45CC[C@@](C)(C(=O)O4)C5(C)C)n3)CC[C@]1(C)C(=O)O2. The number of pyridine rings is 1. The van der Waals surface area contributed by atoms with E-state index in [1.54, 1.807) is 18.2 Å². The normalized spacial score (nSPS) is 38.4. The Labute approximate surface area is 198 Å². The van der Waals surface area contributed by atoms with Crippen molar-refractivity contribution in [1.82, 2.24) is 4.98 Å². The molecule has 0 aromatic carbocycles. The van der Waals surface area contributed by atoms with Crippen LogP contribution in [0.3, 0.4) is 0 Å². The zero-order chi connectivity index (χ0) is 24.9. The van der Waals surface area contributed by atoms with Gasteiger partial charge >= 0.3 is 11.9 Å². The van der Waals surface area contributed by atoms with Crippen molar-refractivity contribution in [2.75, 3.05) is 10.6 Å². The lowest BCUT2D eigenvalue weighted by Crippen LogP contribution is -2.51. The van der Waals surface area contributed by atoms with Gasteiger partial charge in [0, 0.05) is 10.8 Å². The summed E-state index contributed by atoms with van der Waals surface area (Å²) in [4.78, 5) is 56.0. The topological polar surface area (TPSA) is 124 Å². The molecular formula is C25H31N3O6. The van der Waals surface area contributed by atoms with Crippen molar-refractivity contribution in [3.05, 3.63) is 18.2 Å². The smallest absolute Gasteiger partial charge is 0.313 e. The summed E-state index contributed by atoms with van der Waals surface area (Å²) >= 11 is 0. The van der Waals surface area contributed by atoms with Crippen LogP contribution in [0.15, 0.2) is 18.2 Å². The standard InChI is InChI=1S/C25H31N3O6/c1-20(2)22(5)10-12-24(20,33-18(22)31)16(29)27-14-8-7-9-15(26-14)28-17(30)25-13-11-23(6,19(32)34-25)21(25,3)4/h7-9H,10-13H2,1-6H3,(H2,26,27,28,29,30)/t22-,23+,24+,25-. The fourth-order valence-electron chi connectivity index (χ4n) is 6.50. The molecule has 2 aliphatic heterocycles. The maximum atomic E-state index is 13.3. The molecule has 4 bridgehead atoms. The minimum Gasteiger partial charge on any atom is -0.448 e. The van der Waals surface area contributed by atoms with E-state index in [-0.39, 0.29) is 23.6 Å². The summed E-state index contributed by atoms with van der Waals surface area (Å²) < 4.78 is 11.3. The number of fused-ring (bicyclic) bond motifs is 4. The Morgan fingerprint density at radius 1 is 0.735 bits per heavy atom. The van der Waals surface area contributed by atoms with Crippen molar-refractivity contribution in [3.63, 3.8) is 0 Å². The third kappa shape index (κ3) is 2.33. The van der Waals surface area contributed by atoms with Gasteiger partial charge < -0.3 is 20.1 Å². The van der Waals surface area contributed by atoms with Gasteiger partial charge in [-0.05, 0) is 51.7 Å². The second-order valence-corrected chi connectivity index (χ2v) is 11.7. The van der Waals surface area contributed by atoms with E-state index in [1.165, 1.54) is 0 Å². The van der Waals surface area contributed by atoms with Crippen LogP contribution < -0.4 is 10.6 Å². The number of carbonyl (C=O) groups excluding carboxylic acids is 4. The molecule has 9 nitrogen and oxygen atoms in total. The molecule has 0 unspecified atom stereocenters. The fourth-order valence-corrected chi connectivity index (χ4v) is 6.50. The predicted molar refractivity (Wildman–Crippen MR) is 121 cm³/mol. The average molecular weight is 470 g/mol. The summed E-state index contributed by atoms with van der Waals surface area (Å²) in [5, 5.41) is 5.55. The van der Waals surface area contributed by atoms with Crippen LogP contribution in [0, 0.1) is 21.7 Å². The molecule has 5 rings (SSSR count). The lowest BCUT2D eigenvalue weighted by Gasteiger charge is -2.35. The minimum absolute atomic E-state index is 0.223. The number of amides is 2. The molecule has 182 valence electrons. The third-order valence-corrected chi connectivity index (χ3v) is 10.1. The molecule has 3 heterocycles. The molecule has 1 aromatic heterocycles. The highest BCUT2D eigenvalue weighted by Gasteiger charge is 2.76. The Hall–Kier alpha value is -2.97. The molecule has 2 N–H and O–H groups in total. The Bertz CT molecular complexity index is 1080. The number of esters is 2. The summed E-state index contributed by atoms with van der Waals surface area (Å²) in [5.74, 6) is -1.13. The number of nitrogens with zero attached hydrogens (tertiary/aromatic N) is 1. The van der Waals surface area contributed by atoms with Crippen molar-refractivity contribution in [2.45, 2.75) is 78.4 Å². The van der Waals surface area contributed by atoms with E-state index in [4.69, 9.17) is 9.47 Å². The molecule has 0 radical (unpaired) electrons. The van der Waals surface area contributed by atoms with E-state index < -0.39 is 44.7 Å². The number of ether oxygens (including phenoxy) is 2. The molecule has 2 saturated carbocycles. The summed E-state index contributed by atoms with van der Waals surface area (Å²) in [5.41, 5.74) is -5.33. The number of nitrogens with one attached hydrogen (secondary N) is 2. The molecule has 4 fully saturated rings. The fraction of sp³-hybridized carbons (Fsp3) is 0.640. The monoisotopic (exact) mass is 469 g/mol. The molecule has 0 spiro atoms. The van der Waals surface area contributed by atoms with Crippen molar-refractivity contribution in [2.24, 2.45) is 21.7 Å². The Morgan fingerprint density at radius 2 is 1.12 bits per heavy atom. The quantitative estimate of drug-likeness (QED) is 0.649. The molecule has 34 heavy (non-hydrogen) atoms. The highest BCUT2D eigenvalue weighted by molar-refractivity contribution is 6.04. The van der Waals surface area contributed by atoms with E-state index >= 15 is 0 Å². The highest BCUT2D eigenvalue weighted by Crippen LogP contribution is 2.66. The molecule has 2 amide bonds. The van der Waals surface area contributed by atoms with Crippen LogP contribution in [0.25, 0.3) is 0 Å². The Balaban J connectivity index is 1.36. The summed E-state index contributed by atoms with van der Waals surface area (Å²) in [7, 11) is 0. The number of hydrogen-bond acceptors (Lipinski definition) is 7. The van der Waals surface area contributed by atoms with Gasteiger partial charge in [0.2, 0.25) is 0 Å². The van der Waals surface area contributed by atoms with E-state index in [0.717, 1.165) is 0 Å². The molecule has 2 saturated heterocycles. The zero-order valence-electron chi connectivity index (χ0n) is 20.5. The first kappa shape index (κ1) is 22.8. The van der Waals surface area contributed by atoms with Crippen LogP contribution in [-0.4, -0.2) is 39.9 Å². The van der Waals surface area contributed by atoms with Gasteiger partial charge in [-0.2, -0.15) is 0 Å². The van der Waals surface area contributed by atoms with E-state index in [1.807, 2.05) is 41.5 Å². The summed E-state index contributed by atoms with van der Waals surface area (Å²) in [6, 6.07) is 4.86. The third-order valence-electron chi connectivity index (χ3n) is 10.1. The van der Waals surface area contributed by atoms with Gasteiger partial charge in [0.25, 0.3) is 11.8 Å². The number of hydrogen-bond donors (Lipinski definition) is 2. The molecule has 2 aliphatic carbocycles. The van der Waals surface area contributed by atoms with Gasteiger partial charge in [-0.25, -0.2) is 4.98 Å².